The van der Waals surface area contributed by atoms with Crippen molar-refractivity contribution in [3.8, 4) is 73.1 Å². The first-order chi connectivity index (χ1) is 21.8. The van der Waals surface area contributed by atoms with Crippen molar-refractivity contribution in [2.24, 2.45) is 0 Å². The Balaban J connectivity index is 1.83. The zero-order valence-electron chi connectivity index (χ0n) is 24.7. The minimum atomic E-state index is -4.53. The van der Waals surface area contributed by atoms with Crippen LogP contribution in [0, 0.1) is 0 Å². The average Bonchev–Trinajstić information content (AvgIpc) is 3.62. The molecule has 2 aromatic heterocycles. The third kappa shape index (κ3) is 6.01. The van der Waals surface area contributed by atoms with Gasteiger partial charge in [0, 0.05) is 33.9 Å². The molecule has 4 aromatic carbocycles. The van der Waals surface area contributed by atoms with E-state index in [1.165, 1.54) is 23.5 Å². The van der Waals surface area contributed by atoms with Gasteiger partial charge in [-0.15, -0.1) is 0 Å². The van der Waals surface area contributed by atoms with Gasteiger partial charge in [-0.25, -0.2) is 4.98 Å². The molecule has 0 aliphatic carbocycles. The van der Waals surface area contributed by atoms with Gasteiger partial charge in [0.2, 0.25) is 0 Å². The van der Waals surface area contributed by atoms with Crippen LogP contribution in [0.15, 0.2) is 114 Å². The lowest BCUT2D eigenvalue weighted by atomic mass is 9.83. The van der Waals surface area contributed by atoms with Gasteiger partial charge < -0.3 is 14.2 Å². The number of thiophene rings is 1. The van der Waals surface area contributed by atoms with Crippen LogP contribution in [0.1, 0.15) is 5.56 Å². The third-order valence-corrected chi connectivity index (χ3v) is 8.22. The number of benzene rings is 4. The van der Waals surface area contributed by atoms with E-state index in [1.807, 2.05) is 83.6 Å². The summed E-state index contributed by atoms with van der Waals surface area (Å²) in [6.07, 6.45) is -4.53. The largest absolute Gasteiger partial charge is 0.497 e. The molecule has 6 rings (SSSR count). The highest BCUT2D eigenvalue weighted by molar-refractivity contribution is 7.08. The fourth-order valence-corrected chi connectivity index (χ4v) is 6.06. The predicted molar refractivity (Wildman–Crippen MR) is 174 cm³/mol. The van der Waals surface area contributed by atoms with Gasteiger partial charge in [0.25, 0.3) is 0 Å². The van der Waals surface area contributed by atoms with Crippen molar-refractivity contribution >= 4 is 11.3 Å². The Morgan fingerprint density at radius 2 is 1.13 bits per heavy atom. The maximum atomic E-state index is 14.1. The summed E-state index contributed by atoms with van der Waals surface area (Å²) in [4.78, 5) is 5.29. The van der Waals surface area contributed by atoms with Crippen molar-refractivity contribution in [1.82, 2.24) is 4.98 Å². The lowest BCUT2D eigenvalue weighted by molar-refractivity contribution is -0.137. The number of pyridine rings is 1. The van der Waals surface area contributed by atoms with Gasteiger partial charge in [0.1, 0.15) is 17.2 Å². The minimum Gasteiger partial charge on any atom is -0.497 e. The number of nitrogens with zero attached hydrogens (tertiary/aromatic N) is 1. The van der Waals surface area contributed by atoms with Crippen molar-refractivity contribution in [3.63, 3.8) is 0 Å². The van der Waals surface area contributed by atoms with Crippen LogP contribution < -0.4 is 14.2 Å². The summed E-state index contributed by atoms with van der Waals surface area (Å²) in [6.45, 7) is 0. The third-order valence-electron chi connectivity index (χ3n) is 7.54. The Hall–Kier alpha value is -5.08. The summed E-state index contributed by atoms with van der Waals surface area (Å²) >= 11 is 1.51. The molecule has 0 fully saturated rings. The number of rotatable bonds is 8. The van der Waals surface area contributed by atoms with Crippen LogP contribution in [0.3, 0.4) is 0 Å². The number of ether oxygens (including phenoxy) is 3. The lowest BCUT2D eigenvalue weighted by Gasteiger charge is -2.23. The normalized spacial score (nSPS) is 11.3. The number of hydrogen-bond donors (Lipinski definition) is 0. The molecule has 6 aromatic rings. The molecule has 0 bridgehead atoms. The molecule has 2 heterocycles. The highest BCUT2D eigenvalue weighted by Gasteiger charge is 2.32. The Kier molecular flexibility index (Phi) is 8.32. The zero-order chi connectivity index (χ0) is 31.6. The molecular formula is C37H28F3NO3S. The van der Waals surface area contributed by atoms with Crippen LogP contribution in [0.25, 0.3) is 55.9 Å². The maximum Gasteiger partial charge on any atom is 0.416 e. The maximum absolute atomic E-state index is 14.1. The quantitative estimate of drug-likeness (QED) is 0.169. The number of methoxy groups -OCH3 is 3. The summed E-state index contributed by atoms with van der Waals surface area (Å²) in [5.74, 6) is 1.79. The fraction of sp³-hybridized carbons (Fsp3) is 0.108. The van der Waals surface area contributed by atoms with Crippen LogP contribution in [-0.2, 0) is 6.18 Å². The Bertz CT molecular complexity index is 1920. The van der Waals surface area contributed by atoms with E-state index < -0.39 is 11.7 Å². The lowest BCUT2D eigenvalue weighted by Crippen LogP contribution is -2.06. The van der Waals surface area contributed by atoms with Crippen LogP contribution in [0.4, 0.5) is 13.2 Å². The van der Waals surface area contributed by atoms with E-state index in [2.05, 4.69) is 0 Å². The van der Waals surface area contributed by atoms with E-state index in [-0.39, 0.29) is 0 Å². The smallest absolute Gasteiger partial charge is 0.416 e. The van der Waals surface area contributed by atoms with Gasteiger partial charge in [0.05, 0.1) is 38.3 Å². The molecule has 4 nitrogen and oxygen atoms in total. The second kappa shape index (κ2) is 12.5. The first-order valence-corrected chi connectivity index (χ1v) is 15.0. The van der Waals surface area contributed by atoms with E-state index in [0.717, 1.165) is 39.4 Å². The highest BCUT2D eigenvalue weighted by Crippen LogP contribution is 2.50. The second-order valence-electron chi connectivity index (χ2n) is 10.2. The fourth-order valence-electron chi connectivity index (χ4n) is 5.41. The van der Waals surface area contributed by atoms with Crippen LogP contribution >= 0.6 is 11.3 Å². The molecule has 0 amide bonds. The summed E-state index contributed by atoms with van der Waals surface area (Å²) in [5, 5.41) is 3.96. The standard InChI is InChI=1S/C37H28F3NO3S/c1-42-29-14-12-24(13-15-29)36-33(25-10-7-11-28(18-25)37(38,39)40)32(26-16-17-45-22-26)34(35(41-36)23-8-5-4-6-9-23)27-19-30(43-2)21-31(20-27)44-3/h4-22H,1-3H3. The van der Waals surface area contributed by atoms with Gasteiger partial charge in [-0.3, -0.25) is 0 Å². The van der Waals surface area contributed by atoms with E-state index >= 15 is 0 Å². The van der Waals surface area contributed by atoms with Crippen LogP contribution in [-0.4, -0.2) is 26.3 Å². The molecule has 0 N–H and O–H groups in total. The summed E-state index contributed by atoms with van der Waals surface area (Å²) in [5.41, 5.74) is 6.06. The van der Waals surface area contributed by atoms with E-state index in [0.29, 0.717) is 39.8 Å². The number of aromatic nitrogens is 1. The molecule has 0 spiro atoms. The Labute approximate surface area is 263 Å². The van der Waals surface area contributed by atoms with Gasteiger partial charge >= 0.3 is 6.18 Å². The molecule has 0 saturated carbocycles. The van der Waals surface area contributed by atoms with E-state index in [4.69, 9.17) is 19.2 Å². The molecule has 8 heteroatoms. The summed E-state index contributed by atoms with van der Waals surface area (Å²) in [6, 6.07) is 30.1. The number of hydrogen-bond acceptors (Lipinski definition) is 5. The average molecular weight is 624 g/mol. The summed E-state index contributed by atoms with van der Waals surface area (Å²) in [7, 11) is 4.74. The second-order valence-corrected chi connectivity index (χ2v) is 11.0. The zero-order valence-corrected chi connectivity index (χ0v) is 25.5. The van der Waals surface area contributed by atoms with Crippen LogP contribution in [0.5, 0.6) is 17.2 Å². The molecule has 0 unspecified atom stereocenters. The predicted octanol–water partition coefficient (Wildman–Crippen LogP) is 10.5. The first-order valence-electron chi connectivity index (χ1n) is 14.0. The van der Waals surface area contributed by atoms with Crippen molar-refractivity contribution in [3.05, 3.63) is 119 Å². The van der Waals surface area contributed by atoms with E-state index in [1.54, 1.807) is 33.5 Å². The molecule has 0 saturated heterocycles. The number of halogens is 3. The molecule has 226 valence electrons. The van der Waals surface area contributed by atoms with E-state index in [9.17, 15) is 13.2 Å². The molecule has 0 atom stereocenters. The molecule has 45 heavy (non-hydrogen) atoms. The van der Waals surface area contributed by atoms with Crippen molar-refractivity contribution in [1.29, 1.82) is 0 Å². The molecule has 0 radical (unpaired) electrons. The van der Waals surface area contributed by atoms with Gasteiger partial charge in [0.15, 0.2) is 0 Å². The Morgan fingerprint density at radius 3 is 1.71 bits per heavy atom. The first kappa shape index (κ1) is 30.0. The monoisotopic (exact) mass is 623 g/mol. The van der Waals surface area contributed by atoms with Gasteiger partial charge in [-0.1, -0.05) is 42.5 Å². The number of alkyl halides is 3. The topological polar surface area (TPSA) is 40.6 Å². The summed E-state index contributed by atoms with van der Waals surface area (Å²) < 4.78 is 59.0. The molecular weight excluding hydrogens is 595 g/mol. The SMILES string of the molecule is COc1ccc(-c2nc(-c3ccccc3)c(-c3cc(OC)cc(OC)c3)c(-c3ccsc3)c2-c2cccc(C(F)(F)F)c2)cc1. The van der Waals surface area contributed by atoms with Crippen LogP contribution in [0.2, 0.25) is 0 Å². The molecule has 0 aliphatic rings. The minimum absolute atomic E-state index is 0.389. The van der Waals surface area contributed by atoms with Gasteiger partial charge in [-0.2, -0.15) is 24.5 Å². The highest BCUT2D eigenvalue weighted by atomic mass is 32.1. The van der Waals surface area contributed by atoms with Gasteiger partial charge in [-0.05, 0) is 82.0 Å². The van der Waals surface area contributed by atoms with Crippen molar-refractivity contribution < 1.29 is 27.4 Å². The Morgan fingerprint density at radius 1 is 0.533 bits per heavy atom. The van der Waals surface area contributed by atoms with Crippen molar-refractivity contribution in [2.45, 2.75) is 6.18 Å². The van der Waals surface area contributed by atoms with Crippen molar-refractivity contribution in [2.75, 3.05) is 21.3 Å². The molecule has 0 aliphatic heterocycles.